The summed E-state index contributed by atoms with van der Waals surface area (Å²) in [5.74, 6) is 1.25. The topological polar surface area (TPSA) is 50.1 Å². The number of aryl methyl sites for hydroxylation is 2. The zero-order valence-electron chi connectivity index (χ0n) is 29.2. The van der Waals surface area contributed by atoms with Crippen molar-refractivity contribution in [2.24, 2.45) is 11.7 Å². The Bertz CT molecular complexity index is 1010. The fourth-order valence-electron chi connectivity index (χ4n) is 5.83. The van der Waals surface area contributed by atoms with Crippen LogP contribution in [0.1, 0.15) is 122 Å². The van der Waals surface area contributed by atoms with Crippen LogP contribution in [-0.2, 0) is 12.8 Å². The zero-order valence-corrected chi connectivity index (χ0v) is 29.2. The van der Waals surface area contributed by atoms with Gasteiger partial charge >= 0.3 is 0 Å². The van der Waals surface area contributed by atoms with E-state index in [1.54, 1.807) is 22.8 Å². The van der Waals surface area contributed by atoms with Gasteiger partial charge in [0.25, 0.3) is 0 Å². The van der Waals surface area contributed by atoms with Crippen LogP contribution in [0.5, 0.6) is 0 Å². The molecule has 3 heteroatoms. The summed E-state index contributed by atoms with van der Waals surface area (Å²) in [5, 5.41) is 7.32. The summed E-state index contributed by atoms with van der Waals surface area (Å²) in [4.78, 5) is 0. The number of hydrogen-bond acceptors (Lipinski definition) is 3. The molecule has 1 aromatic rings. The first-order chi connectivity index (χ1) is 20.8. The van der Waals surface area contributed by atoms with E-state index in [1.165, 1.54) is 75.2 Å². The van der Waals surface area contributed by atoms with Crippen LogP contribution in [0.4, 0.5) is 0 Å². The Hall–Kier alpha value is -2.78. The summed E-state index contributed by atoms with van der Waals surface area (Å²) in [5.41, 5.74) is 14.6. The smallest absolute Gasteiger partial charge is 0.0377 e. The molecule has 0 saturated carbocycles. The van der Waals surface area contributed by atoms with Gasteiger partial charge in [-0.05, 0) is 126 Å². The van der Waals surface area contributed by atoms with Crippen molar-refractivity contribution in [3.8, 4) is 0 Å². The van der Waals surface area contributed by atoms with E-state index in [0.29, 0.717) is 17.9 Å². The molecule has 2 unspecified atom stereocenters. The van der Waals surface area contributed by atoms with Crippen LogP contribution in [0.15, 0.2) is 91.4 Å². The molecule has 0 amide bonds. The first kappa shape index (κ1) is 40.2. The fourth-order valence-corrected chi connectivity index (χ4v) is 5.83. The van der Waals surface area contributed by atoms with Crippen molar-refractivity contribution in [1.82, 2.24) is 10.6 Å². The molecule has 0 saturated heterocycles. The van der Waals surface area contributed by atoms with Gasteiger partial charge in [-0.1, -0.05) is 82.2 Å². The van der Waals surface area contributed by atoms with E-state index in [2.05, 4.69) is 114 Å². The Morgan fingerprint density at radius 1 is 1.12 bits per heavy atom. The van der Waals surface area contributed by atoms with E-state index in [4.69, 9.17) is 0 Å². The van der Waals surface area contributed by atoms with E-state index >= 15 is 0 Å². The SMILES string of the molecule is C=C.C=C(C)C1=C(CN/C=C/CCc2cc(CCCCC)ccc2C2C=C(C)CCC2)CCC(C(C)C)N1.C=CC.CN. The number of hydrogen-bond donors (Lipinski definition) is 3. The summed E-state index contributed by atoms with van der Waals surface area (Å²) in [6.45, 7) is 27.7. The molecule has 3 nitrogen and oxygen atoms in total. The van der Waals surface area contributed by atoms with Crippen LogP contribution in [0.3, 0.4) is 0 Å². The molecule has 2 atom stereocenters. The first-order valence-electron chi connectivity index (χ1n) is 16.8. The molecule has 43 heavy (non-hydrogen) atoms. The molecule has 0 radical (unpaired) electrons. The molecule has 242 valence electrons. The minimum absolute atomic E-state index is 0.561. The van der Waals surface area contributed by atoms with Gasteiger partial charge in [0, 0.05) is 24.2 Å². The molecule has 0 bridgehead atoms. The summed E-state index contributed by atoms with van der Waals surface area (Å²) in [7, 11) is 1.50. The van der Waals surface area contributed by atoms with Gasteiger partial charge in [-0.2, -0.15) is 0 Å². The van der Waals surface area contributed by atoms with Crippen molar-refractivity contribution in [1.29, 1.82) is 0 Å². The van der Waals surface area contributed by atoms with E-state index in [0.717, 1.165) is 31.4 Å². The molecular formula is C40H67N3. The number of unbranched alkanes of at least 4 members (excludes halogenated alkanes) is 2. The third-order valence-corrected chi connectivity index (χ3v) is 8.05. The van der Waals surface area contributed by atoms with Gasteiger partial charge in [0.05, 0.1) is 0 Å². The Balaban J connectivity index is 0.00000232. The van der Waals surface area contributed by atoms with Crippen LogP contribution in [0.2, 0.25) is 0 Å². The minimum Gasteiger partial charge on any atom is -0.387 e. The van der Waals surface area contributed by atoms with Gasteiger partial charge < -0.3 is 16.4 Å². The number of nitrogens with two attached hydrogens (primary N) is 1. The maximum atomic E-state index is 4.50. The lowest BCUT2D eigenvalue weighted by atomic mass is 9.82. The van der Waals surface area contributed by atoms with E-state index in [9.17, 15) is 0 Å². The third kappa shape index (κ3) is 15.5. The Kier molecular flexibility index (Phi) is 23.0. The van der Waals surface area contributed by atoms with Crippen LogP contribution in [-0.4, -0.2) is 19.6 Å². The molecule has 4 N–H and O–H groups in total. The van der Waals surface area contributed by atoms with Gasteiger partial charge in [-0.15, -0.1) is 19.7 Å². The largest absolute Gasteiger partial charge is 0.387 e. The average Bonchev–Trinajstić information content (AvgIpc) is 3.01. The highest BCUT2D eigenvalue weighted by molar-refractivity contribution is 5.38. The lowest BCUT2D eigenvalue weighted by Gasteiger charge is -2.32. The second kappa shape index (κ2) is 24.6. The van der Waals surface area contributed by atoms with Crippen LogP contribution in [0, 0.1) is 5.92 Å². The van der Waals surface area contributed by atoms with Crippen molar-refractivity contribution in [3.63, 3.8) is 0 Å². The highest BCUT2D eigenvalue weighted by Gasteiger charge is 2.22. The first-order valence-corrected chi connectivity index (χ1v) is 16.8. The van der Waals surface area contributed by atoms with Gasteiger partial charge in [0.1, 0.15) is 0 Å². The summed E-state index contributed by atoms with van der Waals surface area (Å²) >= 11 is 0. The van der Waals surface area contributed by atoms with Crippen molar-refractivity contribution in [3.05, 3.63) is 108 Å². The quantitative estimate of drug-likeness (QED) is 0.158. The van der Waals surface area contributed by atoms with E-state index < -0.39 is 0 Å². The molecule has 1 aliphatic heterocycles. The Labute approximate surface area is 267 Å². The van der Waals surface area contributed by atoms with Crippen LogP contribution < -0.4 is 16.4 Å². The lowest BCUT2D eigenvalue weighted by Crippen LogP contribution is -2.38. The number of allylic oxidation sites excluding steroid dienone is 5. The molecule has 0 spiro atoms. The predicted molar refractivity (Wildman–Crippen MR) is 196 cm³/mol. The maximum Gasteiger partial charge on any atom is 0.0377 e. The van der Waals surface area contributed by atoms with Crippen molar-refractivity contribution < 1.29 is 0 Å². The Morgan fingerprint density at radius 2 is 1.81 bits per heavy atom. The predicted octanol–water partition coefficient (Wildman–Crippen LogP) is 10.5. The van der Waals surface area contributed by atoms with Crippen LogP contribution >= 0.6 is 0 Å². The average molecular weight is 590 g/mol. The van der Waals surface area contributed by atoms with Gasteiger partial charge in [-0.25, -0.2) is 0 Å². The summed E-state index contributed by atoms with van der Waals surface area (Å²) in [6.07, 6.45) is 22.4. The second-order valence-corrected chi connectivity index (χ2v) is 12.0. The van der Waals surface area contributed by atoms with Crippen molar-refractivity contribution in [2.45, 2.75) is 124 Å². The van der Waals surface area contributed by atoms with Crippen molar-refractivity contribution in [2.75, 3.05) is 13.6 Å². The van der Waals surface area contributed by atoms with Gasteiger partial charge in [0.2, 0.25) is 0 Å². The number of rotatable bonds is 13. The molecule has 1 aliphatic carbocycles. The number of benzene rings is 1. The van der Waals surface area contributed by atoms with Crippen LogP contribution in [0.25, 0.3) is 0 Å². The molecule has 0 fully saturated rings. The lowest BCUT2D eigenvalue weighted by molar-refractivity contribution is 0.386. The Morgan fingerprint density at radius 3 is 2.42 bits per heavy atom. The minimum atomic E-state index is 0.561. The van der Waals surface area contributed by atoms with E-state index in [1.807, 2.05) is 6.92 Å². The molecule has 1 heterocycles. The van der Waals surface area contributed by atoms with Gasteiger partial charge in [0.15, 0.2) is 0 Å². The maximum absolute atomic E-state index is 4.50. The van der Waals surface area contributed by atoms with Crippen molar-refractivity contribution >= 4 is 0 Å². The molecular weight excluding hydrogens is 522 g/mol. The summed E-state index contributed by atoms with van der Waals surface area (Å²) in [6, 6.07) is 7.93. The van der Waals surface area contributed by atoms with E-state index in [-0.39, 0.29) is 0 Å². The highest BCUT2D eigenvalue weighted by Crippen LogP contribution is 2.34. The molecule has 3 rings (SSSR count). The summed E-state index contributed by atoms with van der Waals surface area (Å²) < 4.78 is 0. The second-order valence-electron chi connectivity index (χ2n) is 12.0. The number of nitrogens with one attached hydrogen (secondary N) is 2. The highest BCUT2D eigenvalue weighted by atomic mass is 15.0. The third-order valence-electron chi connectivity index (χ3n) is 8.05. The fraction of sp³-hybridized carbons (Fsp3) is 0.550. The normalized spacial score (nSPS) is 17.7. The zero-order chi connectivity index (χ0) is 32.6. The molecule has 0 aromatic heterocycles. The molecule has 1 aromatic carbocycles. The molecule has 2 aliphatic rings. The monoisotopic (exact) mass is 590 g/mol. The standard InChI is InChI=1S/C34H52N2.C3H6.C2H4.CH5N/c1-7-8-9-14-28-17-19-32(29-16-12-13-27(6)22-29)30(23-28)15-10-11-21-35-24-31-18-20-33(25(2)3)36-34(31)26(4)5;1-3-2;2*1-2/h11,17,19,21-23,25,29,33,35-36H,4,7-10,12-16,18,20,24H2,1-3,5-6H3;3H,1H2,2H3;1-2H2;2H2,1H3/b21-11+;;;. The van der Waals surface area contributed by atoms with Gasteiger partial charge in [-0.3, -0.25) is 0 Å².